The van der Waals surface area contributed by atoms with Crippen molar-refractivity contribution in [2.75, 3.05) is 31.4 Å². The first-order chi connectivity index (χ1) is 10.9. The molecule has 0 saturated carbocycles. The van der Waals surface area contributed by atoms with Gasteiger partial charge in [-0.1, -0.05) is 0 Å². The monoisotopic (exact) mass is 339 g/mol. The highest BCUT2D eigenvalue weighted by molar-refractivity contribution is 7.76. The number of hydrogen-bond donors (Lipinski definition) is 2. The summed E-state index contributed by atoms with van der Waals surface area (Å²) >= 11 is 0. The Morgan fingerprint density at radius 2 is 1.65 bits per heavy atom. The first-order valence-corrected chi connectivity index (χ1v) is 11.1. The van der Waals surface area contributed by atoms with Crippen molar-refractivity contribution in [2.24, 2.45) is 0 Å². The minimum absolute atomic E-state index is 0.0306. The molecule has 0 aliphatic carbocycles. The molecule has 1 aliphatic heterocycles. The Morgan fingerprint density at radius 3 is 2.13 bits per heavy atom. The lowest BCUT2D eigenvalue weighted by molar-refractivity contribution is -0.116. The molecule has 128 valence electrons. The molecule has 1 amide bonds. The van der Waals surface area contributed by atoms with Crippen molar-refractivity contribution < 1.29 is 9.18 Å². The van der Waals surface area contributed by atoms with Crippen LogP contribution in [0.15, 0.2) is 12.1 Å². The second kappa shape index (κ2) is 7.72. The molecule has 2 rings (SSSR count). The van der Waals surface area contributed by atoms with Gasteiger partial charge in [0, 0.05) is 12.9 Å². The molecule has 1 saturated heterocycles. The molecular weight excluding hydrogens is 310 g/mol. The number of benzene rings is 1. The largest absolute Gasteiger partial charge is 0.321 e. The highest BCUT2D eigenvalue weighted by atomic mass is 31.2. The van der Waals surface area contributed by atoms with E-state index in [1.54, 1.807) is 0 Å². The van der Waals surface area contributed by atoms with E-state index in [9.17, 15) is 9.18 Å². The van der Waals surface area contributed by atoms with Gasteiger partial charge < -0.3 is 5.32 Å². The summed E-state index contributed by atoms with van der Waals surface area (Å²) < 4.78 is 13.4. The van der Waals surface area contributed by atoms with E-state index >= 15 is 0 Å². The molecule has 2 N–H and O–H groups in total. The van der Waals surface area contributed by atoms with E-state index < -0.39 is 7.26 Å². The van der Waals surface area contributed by atoms with Gasteiger partial charge in [0.25, 0.3) is 5.91 Å². The van der Waals surface area contributed by atoms with E-state index in [0.29, 0.717) is 0 Å². The van der Waals surface area contributed by atoms with Crippen LogP contribution >= 0.6 is 7.26 Å². The first-order valence-electron chi connectivity index (χ1n) is 8.46. The molecule has 0 aromatic heterocycles. The van der Waals surface area contributed by atoms with Crippen LogP contribution in [0.2, 0.25) is 0 Å². The van der Waals surface area contributed by atoms with Crippen molar-refractivity contribution in [3.05, 3.63) is 29.1 Å². The van der Waals surface area contributed by atoms with Crippen LogP contribution in [0.25, 0.3) is 0 Å². The Hall–Kier alpha value is -0.990. The molecular formula is C18H29FN2OP+. The van der Waals surface area contributed by atoms with Gasteiger partial charge in [-0.25, -0.2) is 4.39 Å². The molecule has 3 nitrogen and oxygen atoms in total. The van der Waals surface area contributed by atoms with Crippen molar-refractivity contribution >= 4 is 18.9 Å². The van der Waals surface area contributed by atoms with Gasteiger partial charge in [-0.2, -0.15) is 0 Å². The summed E-state index contributed by atoms with van der Waals surface area (Å²) in [4.78, 5) is 12.9. The fourth-order valence-corrected chi connectivity index (χ4v) is 7.58. The zero-order chi connectivity index (χ0) is 17.0. The topological polar surface area (TPSA) is 41.1 Å². The van der Waals surface area contributed by atoms with Crippen molar-refractivity contribution in [1.82, 2.24) is 5.32 Å². The average Bonchev–Trinajstić information content (AvgIpc) is 2.69. The highest BCUT2D eigenvalue weighted by Crippen LogP contribution is 2.61. The van der Waals surface area contributed by atoms with Crippen LogP contribution in [0.4, 0.5) is 10.1 Å². The number of carbonyl (C=O) groups excluding carboxylic acids is 1. The predicted octanol–water partition coefficient (Wildman–Crippen LogP) is 4.15. The lowest BCUT2D eigenvalue weighted by Crippen LogP contribution is -2.41. The minimum Gasteiger partial charge on any atom is -0.321 e. The number of anilines is 1. The van der Waals surface area contributed by atoms with Crippen molar-refractivity contribution in [1.29, 1.82) is 0 Å². The van der Waals surface area contributed by atoms with Crippen LogP contribution in [-0.2, 0) is 4.79 Å². The molecule has 1 atom stereocenters. The van der Waals surface area contributed by atoms with Crippen LogP contribution < -0.4 is 10.6 Å². The number of carbonyl (C=O) groups is 1. The Labute approximate surface area is 139 Å². The molecule has 1 aromatic rings. The second-order valence-electron chi connectivity index (χ2n) is 6.94. The molecule has 1 aliphatic rings. The molecule has 5 heteroatoms. The van der Waals surface area contributed by atoms with Crippen LogP contribution in [-0.4, -0.2) is 37.7 Å². The van der Waals surface area contributed by atoms with Gasteiger partial charge in [-0.15, -0.1) is 0 Å². The Kier molecular flexibility index (Phi) is 6.16. The summed E-state index contributed by atoms with van der Waals surface area (Å²) in [5.41, 5.74) is 2.29. The summed E-state index contributed by atoms with van der Waals surface area (Å²) in [6.45, 7) is 5.99. The van der Waals surface area contributed by atoms with Crippen molar-refractivity contribution in [3.8, 4) is 0 Å². The third-order valence-corrected chi connectivity index (χ3v) is 9.39. The van der Waals surface area contributed by atoms with E-state index in [0.717, 1.165) is 16.8 Å². The molecule has 0 bridgehead atoms. The molecule has 0 radical (unpaired) electrons. The third kappa shape index (κ3) is 4.30. The quantitative estimate of drug-likeness (QED) is 0.809. The van der Waals surface area contributed by atoms with Gasteiger partial charge >= 0.3 is 0 Å². The number of amides is 1. The molecule has 1 unspecified atom stereocenters. The summed E-state index contributed by atoms with van der Waals surface area (Å²) in [7, 11) is 0.533. The molecule has 1 heterocycles. The highest BCUT2D eigenvalue weighted by Gasteiger charge is 2.45. The van der Waals surface area contributed by atoms with E-state index in [1.165, 1.54) is 50.1 Å². The van der Waals surface area contributed by atoms with Crippen LogP contribution in [0, 0.1) is 19.7 Å². The Morgan fingerprint density at radius 1 is 1.13 bits per heavy atom. The zero-order valence-electron chi connectivity index (χ0n) is 14.7. The number of aryl methyl sites for hydroxylation is 2. The van der Waals surface area contributed by atoms with E-state index in [1.807, 2.05) is 20.9 Å². The average molecular weight is 339 g/mol. The first kappa shape index (κ1) is 18.4. The van der Waals surface area contributed by atoms with Crippen LogP contribution in [0.1, 0.15) is 36.8 Å². The smallest absolute Gasteiger partial charge is 0.280 e. The third-order valence-electron chi connectivity index (χ3n) is 4.98. The number of hydrogen-bond acceptors (Lipinski definition) is 2. The minimum atomic E-state index is -1.35. The van der Waals surface area contributed by atoms with E-state index in [-0.39, 0.29) is 17.5 Å². The van der Waals surface area contributed by atoms with Gasteiger partial charge in [-0.05, 0) is 69.8 Å². The normalized spacial score (nSPS) is 19.0. The summed E-state index contributed by atoms with van der Waals surface area (Å²) in [6.07, 6.45) is 7.36. The molecule has 1 aromatic carbocycles. The molecule has 1 fully saturated rings. The van der Waals surface area contributed by atoms with Crippen LogP contribution in [0.3, 0.4) is 0 Å². The van der Waals surface area contributed by atoms with Gasteiger partial charge in [0.2, 0.25) is 0 Å². The Bertz CT molecular complexity index is 545. The predicted molar refractivity (Wildman–Crippen MR) is 98.4 cm³/mol. The summed E-state index contributed by atoms with van der Waals surface area (Å²) in [5.74, 6) is -0.348. The lowest BCUT2D eigenvalue weighted by atomic mass is 10.1. The second-order valence-corrected chi connectivity index (χ2v) is 11.3. The van der Waals surface area contributed by atoms with Gasteiger partial charge in [0.1, 0.15) is 5.82 Å². The number of likely N-dealkylation sites (N-methyl/N-ethyl adjacent to an activating group) is 1. The number of rotatable bonds is 4. The van der Waals surface area contributed by atoms with E-state index in [4.69, 9.17) is 0 Å². The van der Waals surface area contributed by atoms with E-state index in [2.05, 4.69) is 17.3 Å². The standard InChI is InChI=1S/C18H28FN2OP/c1-13-11-15(19)12-14(2)16(13)21-17(22)18(20-3)23(4)9-7-5-6-8-10-23/h11-12,18,20H,5-10H2,1-4H3/p+1. The maximum Gasteiger partial charge on any atom is 0.280 e. The SMILES string of the molecule is CNC(C(=O)Nc1c(C)cc(F)cc1C)[P+]1(C)CCCCCC1. The molecule has 23 heavy (non-hydrogen) atoms. The maximum atomic E-state index is 13.4. The maximum absolute atomic E-state index is 13.4. The zero-order valence-corrected chi connectivity index (χ0v) is 15.6. The fourth-order valence-electron chi connectivity index (χ4n) is 3.69. The lowest BCUT2D eigenvalue weighted by Gasteiger charge is -2.29. The van der Waals surface area contributed by atoms with Gasteiger partial charge in [0.05, 0.1) is 19.0 Å². The number of halogens is 1. The van der Waals surface area contributed by atoms with Gasteiger partial charge in [0.15, 0.2) is 5.78 Å². The van der Waals surface area contributed by atoms with Crippen molar-refractivity contribution in [3.63, 3.8) is 0 Å². The van der Waals surface area contributed by atoms with Crippen LogP contribution in [0.5, 0.6) is 0 Å². The fraction of sp³-hybridized carbons (Fsp3) is 0.611. The van der Waals surface area contributed by atoms with Crippen molar-refractivity contribution in [2.45, 2.75) is 45.3 Å². The molecule has 0 spiro atoms. The number of nitrogens with one attached hydrogen (secondary N) is 2. The summed E-state index contributed by atoms with van der Waals surface area (Å²) in [6, 6.07) is 2.94. The summed E-state index contributed by atoms with van der Waals surface area (Å²) in [5, 5.41) is 6.33. The van der Waals surface area contributed by atoms with Gasteiger partial charge in [-0.3, -0.25) is 10.1 Å². The Balaban J connectivity index is 2.20.